The largest absolute Gasteiger partial charge is 0.381 e. The Morgan fingerprint density at radius 2 is 1.72 bits per heavy atom. The van der Waals surface area contributed by atoms with E-state index in [1.807, 2.05) is 42.6 Å². The molecule has 0 radical (unpaired) electrons. The second-order valence-corrected chi connectivity index (χ2v) is 10.5. The normalized spacial score (nSPS) is 17.8. The second-order valence-electron chi connectivity index (χ2n) is 9.61. The number of amides is 1. The molecule has 0 saturated carbocycles. The average molecular weight is 517 g/mol. The molecule has 1 aliphatic carbocycles. The van der Waals surface area contributed by atoms with Gasteiger partial charge in [-0.1, -0.05) is 65.7 Å². The van der Waals surface area contributed by atoms with Crippen molar-refractivity contribution in [1.29, 1.82) is 0 Å². The van der Waals surface area contributed by atoms with Crippen molar-refractivity contribution < 1.29 is 9.53 Å². The third kappa shape index (κ3) is 4.39. The number of nitrogens with zero attached hydrogens (tertiary/aromatic N) is 1. The number of fused-ring (bicyclic) bond motifs is 2. The lowest BCUT2D eigenvalue weighted by molar-refractivity contribution is -0.117. The molecule has 1 atom stereocenters. The van der Waals surface area contributed by atoms with Crippen LogP contribution in [0.25, 0.3) is 22.0 Å². The molecule has 2 aliphatic rings. The van der Waals surface area contributed by atoms with Crippen LogP contribution in [0.1, 0.15) is 47.8 Å². The number of hydrogen-bond acceptors (Lipinski definition) is 3. The van der Waals surface area contributed by atoms with Gasteiger partial charge < -0.3 is 10.1 Å². The van der Waals surface area contributed by atoms with Gasteiger partial charge in [0.1, 0.15) is 0 Å². The van der Waals surface area contributed by atoms with E-state index in [0.29, 0.717) is 23.3 Å². The smallest absolute Gasteiger partial charge is 0.231 e. The maximum atomic E-state index is 13.5. The highest BCUT2D eigenvalue weighted by Gasteiger charge is 2.30. The highest BCUT2D eigenvalue weighted by Crippen LogP contribution is 2.41. The number of nitrogens with one attached hydrogen (secondary N) is 1. The van der Waals surface area contributed by atoms with Crippen molar-refractivity contribution in [2.75, 3.05) is 18.5 Å². The fourth-order valence-corrected chi connectivity index (χ4v) is 6.29. The fourth-order valence-electron chi connectivity index (χ4n) is 5.76. The Kier molecular flexibility index (Phi) is 6.43. The summed E-state index contributed by atoms with van der Waals surface area (Å²) in [6, 6.07) is 20.0. The fraction of sp³-hybridized carbons (Fsp3) is 0.267. The first-order chi connectivity index (χ1) is 17.6. The molecule has 6 heteroatoms. The van der Waals surface area contributed by atoms with Gasteiger partial charge in [0.2, 0.25) is 5.91 Å². The molecule has 0 bridgehead atoms. The van der Waals surface area contributed by atoms with E-state index in [0.717, 1.165) is 64.5 Å². The molecule has 1 N–H and O–H groups in total. The zero-order chi connectivity index (χ0) is 24.6. The number of carbonyl (C=O) groups excluding carboxylic acids is 1. The Morgan fingerprint density at radius 1 is 0.944 bits per heavy atom. The predicted molar refractivity (Wildman–Crippen MR) is 146 cm³/mol. The molecule has 1 aromatic heterocycles. The van der Waals surface area contributed by atoms with Crippen LogP contribution in [0.15, 0.2) is 66.9 Å². The van der Waals surface area contributed by atoms with Crippen LogP contribution < -0.4 is 5.32 Å². The quantitative estimate of drug-likeness (QED) is 0.301. The Balaban J connectivity index is 1.45. The number of rotatable bonds is 4. The Hall–Kier alpha value is -2.92. The van der Waals surface area contributed by atoms with Gasteiger partial charge in [0, 0.05) is 34.2 Å². The third-order valence-electron chi connectivity index (χ3n) is 7.45. The van der Waals surface area contributed by atoms with Crippen molar-refractivity contribution in [2.45, 2.75) is 37.5 Å². The minimum Gasteiger partial charge on any atom is -0.381 e. The summed E-state index contributed by atoms with van der Waals surface area (Å²) >= 11 is 12.6. The first-order valence-electron chi connectivity index (χ1n) is 12.4. The average Bonchev–Trinajstić information content (AvgIpc) is 3.32. The molecule has 1 unspecified atom stereocenters. The number of carbonyl (C=O) groups is 1. The van der Waals surface area contributed by atoms with E-state index in [1.54, 1.807) is 6.07 Å². The summed E-state index contributed by atoms with van der Waals surface area (Å²) in [5.74, 6) is 0.167. The van der Waals surface area contributed by atoms with Gasteiger partial charge in [-0.05, 0) is 72.1 Å². The van der Waals surface area contributed by atoms with Crippen molar-refractivity contribution in [3.63, 3.8) is 0 Å². The third-order valence-corrected chi connectivity index (χ3v) is 7.89. The van der Waals surface area contributed by atoms with Crippen molar-refractivity contribution >= 4 is 45.7 Å². The number of ether oxygens (including phenoxy) is 1. The van der Waals surface area contributed by atoms with Gasteiger partial charge in [0.15, 0.2) is 0 Å². The standard InChI is InChI=1S/C30H26Cl2N2O2/c31-21-14-20(15-22(32)16-21)24-6-3-7-26-28(19-10-12-36-13-11-19)27(17-33-29(24)26)34-30(35)25-9-8-18-4-1-2-5-23(18)25/h1-7,14-17,19,25H,8-13H2,(H,34,35). The van der Waals surface area contributed by atoms with Crippen molar-refractivity contribution in [3.8, 4) is 11.1 Å². The van der Waals surface area contributed by atoms with E-state index in [-0.39, 0.29) is 17.7 Å². The molecule has 4 aromatic rings. The number of hydrogen-bond donors (Lipinski definition) is 1. The van der Waals surface area contributed by atoms with Crippen LogP contribution in [0.4, 0.5) is 5.69 Å². The Morgan fingerprint density at radius 3 is 2.53 bits per heavy atom. The summed E-state index contributed by atoms with van der Waals surface area (Å²) in [4.78, 5) is 18.4. The number of para-hydroxylation sites is 1. The van der Waals surface area contributed by atoms with E-state index in [2.05, 4.69) is 23.5 Å². The van der Waals surface area contributed by atoms with Gasteiger partial charge >= 0.3 is 0 Å². The summed E-state index contributed by atoms with van der Waals surface area (Å²) in [5.41, 5.74) is 7.10. The van der Waals surface area contributed by atoms with E-state index < -0.39 is 0 Å². The van der Waals surface area contributed by atoms with Gasteiger partial charge in [-0.2, -0.15) is 0 Å². The topological polar surface area (TPSA) is 51.2 Å². The van der Waals surface area contributed by atoms with Crippen LogP contribution in [-0.4, -0.2) is 24.1 Å². The van der Waals surface area contributed by atoms with E-state index in [4.69, 9.17) is 32.9 Å². The lowest BCUT2D eigenvalue weighted by atomic mass is 9.86. The van der Waals surface area contributed by atoms with Crippen molar-refractivity contribution in [3.05, 3.63) is 93.6 Å². The van der Waals surface area contributed by atoms with Crippen LogP contribution in [0.2, 0.25) is 10.0 Å². The number of aryl methyl sites for hydroxylation is 1. The van der Waals surface area contributed by atoms with Gasteiger partial charge in [0.25, 0.3) is 0 Å². The molecule has 1 saturated heterocycles. The number of benzene rings is 3. The molecule has 182 valence electrons. The number of anilines is 1. The summed E-state index contributed by atoms with van der Waals surface area (Å²) in [7, 11) is 0. The van der Waals surface area contributed by atoms with Gasteiger partial charge in [0.05, 0.1) is 23.3 Å². The lowest BCUT2D eigenvalue weighted by Crippen LogP contribution is -2.22. The Bertz CT molecular complexity index is 1440. The minimum atomic E-state index is -0.139. The van der Waals surface area contributed by atoms with Crippen molar-refractivity contribution in [2.24, 2.45) is 0 Å². The van der Waals surface area contributed by atoms with Crippen LogP contribution >= 0.6 is 23.2 Å². The molecule has 1 amide bonds. The number of pyridine rings is 1. The maximum Gasteiger partial charge on any atom is 0.231 e. The number of halogens is 2. The number of aromatic nitrogens is 1. The molecule has 3 aromatic carbocycles. The predicted octanol–water partition coefficient (Wildman–Crippen LogP) is 7.77. The molecule has 4 nitrogen and oxygen atoms in total. The molecule has 36 heavy (non-hydrogen) atoms. The summed E-state index contributed by atoms with van der Waals surface area (Å²) < 4.78 is 5.66. The van der Waals surface area contributed by atoms with Crippen LogP contribution in [0, 0.1) is 0 Å². The highest BCUT2D eigenvalue weighted by atomic mass is 35.5. The maximum absolute atomic E-state index is 13.5. The zero-order valence-corrected chi connectivity index (χ0v) is 21.3. The van der Waals surface area contributed by atoms with Gasteiger partial charge in [-0.15, -0.1) is 0 Å². The molecule has 2 heterocycles. The molecule has 1 aliphatic heterocycles. The molecule has 0 spiro atoms. The van der Waals surface area contributed by atoms with E-state index >= 15 is 0 Å². The monoisotopic (exact) mass is 516 g/mol. The molecular formula is C30H26Cl2N2O2. The SMILES string of the molecule is O=C(Nc1cnc2c(-c3cc(Cl)cc(Cl)c3)cccc2c1C1CCOCC1)C1CCc2ccccc21. The van der Waals surface area contributed by atoms with Crippen LogP contribution in [0.5, 0.6) is 0 Å². The lowest BCUT2D eigenvalue weighted by Gasteiger charge is -2.27. The molecular weight excluding hydrogens is 491 g/mol. The minimum absolute atomic E-state index is 0.0344. The van der Waals surface area contributed by atoms with Gasteiger partial charge in [-0.25, -0.2) is 0 Å². The highest BCUT2D eigenvalue weighted by molar-refractivity contribution is 6.35. The van der Waals surface area contributed by atoms with Gasteiger partial charge in [-0.3, -0.25) is 9.78 Å². The van der Waals surface area contributed by atoms with Crippen molar-refractivity contribution in [1.82, 2.24) is 4.98 Å². The molecule has 6 rings (SSSR count). The summed E-state index contributed by atoms with van der Waals surface area (Å²) in [6.45, 7) is 1.42. The van der Waals surface area contributed by atoms with Crippen LogP contribution in [-0.2, 0) is 16.0 Å². The van der Waals surface area contributed by atoms with E-state index in [9.17, 15) is 4.79 Å². The summed E-state index contributed by atoms with van der Waals surface area (Å²) in [6.07, 6.45) is 5.39. The first-order valence-corrected chi connectivity index (χ1v) is 13.2. The summed E-state index contributed by atoms with van der Waals surface area (Å²) in [5, 5.41) is 5.48. The zero-order valence-electron chi connectivity index (χ0n) is 19.8. The van der Waals surface area contributed by atoms with E-state index in [1.165, 1.54) is 5.56 Å². The first kappa shape index (κ1) is 23.5. The second kappa shape index (κ2) is 9.85. The van der Waals surface area contributed by atoms with Crippen LogP contribution in [0.3, 0.4) is 0 Å². The molecule has 1 fully saturated rings. The Labute approximate surface area is 220 Å².